The first kappa shape index (κ1) is 23.5. The molecule has 2 heterocycles. The third-order valence-electron chi connectivity index (χ3n) is 5.44. The Balaban J connectivity index is 1.55. The summed E-state index contributed by atoms with van der Waals surface area (Å²) in [5, 5.41) is 10.3. The van der Waals surface area contributed by atoms with E-state index in [4.69, 9.17) is 16.3 Å². The van der Waals surface area contributed by atoms with Gasteiger partial charge in [0.15, 0.2) is 0 Å². The number of hydrogen-bond acceptors (Lipinski definition) is 7. The lowest BCUT2D eigenvalue weighted by molar-refractivity contribution is -0.123. The Morgan fingerprint density at radius 2 is 1.89 bits per heavy atom. The van der Waals surface area contributed by atoms with Gasteiger partial charge in [0.1, 0.15) is 5.75 Å². The Bertz CT molecular complexity index is 1620. The van der Waals surface area contributed by atoms with Crippen LogP contribution in [-0.2, 0) is 11.3 Å². The second kappa shape index (κ2) is 9.77. The normalized spacial score (nSPS) is 14.5. The van der Waals surface area contributed by atoms with Gasteiger partial charge in [-0.3, -0.25) is 14.5 Å². The SMILES string of the molecule is N#Cc1ccccc1CN1C(=O)S/C(=C/c2c(Oc3nc(Cl)ncc3F)ccc3ccccc23)C1=O. The van der Waals surface area contributed by atoms with Crippen LogP contribution in [0.15, 0.2) is 71.8 Å². The van der Waals surface area contributed by atoms with Crippen LogP contribution in [-0.4, -0.2) is 26.0 Å². The topological polar surface area (TPSA) is 96.2 Å². The Hall–Kier alpha value is -4.26. The minimum atomic E-state index is -0.810. The van der Waals surface area contributed by atoms with Crippen molar-refractivity contribution >= 4 is 51.4 Å². The highest BCUT2D eigenvalue weighted by Gasteiger charge is 2.35. The van der Waals surface area contributed by atoms with Crippen LogP contribution in [0.1, 0.15) is 16.7 Å². The molecule has 0 saturated carbocycles. The van der Waals surface area contributed by atoms with Gasteiger partial charge in [0.05, 0.1) is 29.3 Å². The number of ether oxygens (including phenoxy) is 1. The fraction of sp³-hybridized carbons (Fsp3) is 0.0385. The zero-order valence-corrected chi connectivity index (χ0v) is 19.9. The second-order valence-corrected chi connectivity index (χ2v) is 8.96. The van der Waals surface area contributed by atoms with Crippen LogP contribution in [0.4, 0.5) is 9.18 Å². The van der Waals surface area contributed by atoms with E-state index in [1.54, 1.807) is 42.5 Å². The highest BCUT2D eigenvalue weighted by molar-refractivity contribution is 8.18. The van der Waals surface area contributed by atoms with E-state index in [2.05, 4.69) is 16.0 Å². The highest BCUT2D eigenvalue weighted by atomic mass is 35.5. The van der Waals surface area contributed by atoms with Gasteiger partial charge in [0.25, 0.3) is 17.0 Å². The molecule has 0 unspecified atom stereocenters. The molecule has 0 atom stereocenters. The third kappa shape index (κ3) is 4.52. The number of carbonyl (C=O) groups is 2. The summed E-state index contributed by atoms with van der Waals surface area (Å²) >= 11 is 6.58. The smallest absolute Gasteiger partial charge is 0.293 e. The predicted molar refractivity (Wildman–Crippen MR) is 134 cm³/mol. The van der Waals surface area contributed by atoms with Crippen molar-refractivity contribution in [2.75, 3.05) is 0 Å². The second-order valence-electron chi connectivity index (χ2n) is 7.63. The lowest BCUT2D eigenvalue weighted by atomic mass is 10.0. The van der Waals surface area contributed by atoms with Crippen LogP contribution in [0, 0.1) is 17.1 Å². The van der Waals surface area contributed by atoms with Crippen molar-refractivity contribution in [3.63, 3.8) is 0 Å². The van der Waals surface area contributed by atoms with Gasteiger partial charge in [0.2, 0.25) is 11.1 Å². The van der Waals surface area contributed by atoms with E-state index in [0.29, 0.717) is 16.7 Å². The van der Waals surface area contributed by atoms with E-state index in [1.807, 2.05) is 24.3 Å². The van der Waals surface area contributed by atoms with Gasteiger partial charge in [-0.2, -0.15) is 14.6 Å². The summed E-state index contributed by atoms with van der Waals surface area (Å²) in [5.74, 6) is -1.48. The molecule has 0 aliphatic carbocycles. The number of nitriles is 1. The number of benzene rings is 3. The zero-order valence-electron chi connectivity index (χ0n) is 18.3. The number of imide groups is 1. The summed E-state index contributed by atoms with van der Waals surface area (Å²) in [6, 6.07) is 19.6. The number of amides is 2. The highest BCUT2D eigenvalue weighted by Crippen LogP contribution is 2.39. The van der Waals surface area contributed by atoms with E-state index in [9.17, 15) is 19.2 Å². The summed E-state index contributed by atoms with van der Waals surface area (Å²) in [4.78, 5) is 34.6. The molecule has 36 heavy (non-hydrogen) atoms. The number of hydrogen-bond donors (Lipinski definition) is 0. The summed E-state index contributed by atoms with van der Waals surface area (Å²) in [6.07, 6.45) is 2.44. The van der Waals surface area contributed by atoms with Gasteiger partial charge >= 0.3 is 0 Å². The Morgan fingerprint density at radius 1 is 1.11 bits per heavy atom. The number of rotatable bonds is 5. The van der Waals surface area contributed by atoms with E-state index >= 15 is 0 Å². The van der Waals surface area contributed by atoms with Crippen LogP contribution in [0.5, 0.6) is 11.6 Å². The van der Waals surface area contributed by atoms with Crippen molar-refractivity contribution in [2.45, 2.75) is 6.54 Å². The van der Waals surface area contributed by atoms with Gasteiger partial charge in [-0.1, -0.05) is 48.5 Å². The Morgan fingerprint density at radius 3 is 2.72 bits per heavy atom. The number of carbonyl (C=O) groups excluding carboxylic acids is 2. The van der Waals surface area contributed by atoms with Crippen LogP contribution in [0.2, 0.25) is 5.28 Å². The lowest BCUT2D eigenvalue weighted by Crippen LogP contribution is -2.27. The first-order valence-corrected chi connectivity index (χ1v) is 11.7. The quantitative estimate of drug-likeness (QED) is 0.226. The molecule has 0 N–H and O–H groups in total. The first-order chi connectivity index (χ1) is 17.4. The van der Waals surface area contributed by atoms with Crippen LogP contribution in [0.3, 0.4) is 0 Å². The molecule has 5 rings (SSSR count). The van der Waals surface area contributed by atoms with E-state index in [0.717, 1.165) is 33.6 Å². The molecule has 1 aromatic heterocycles. The number of thioether (sulfide) groups is 1. The fourth-order valence-corrected chi connectivity index (χ4v) is 4.67. The maximum atomic E-state index is 14.3. The molecular weight excluding hydrogens is 503 g/mol. The molecule has 1 aliphatic rings. The molecule has 4 aromatic rings. The lowest BCUT2D eigenvalue weighted by Gasteiger charge is -2.14. The summed E-state index contributed by atoms with van der Waals surface area (Å²) in [5.41, 5.74) is 1.41. The van der Waals surface area contributed by atoms with Gasteiger partial charge in [-0.05, 0) is 57.9 Å². The molecule has 10 heteroatoms. The van der Waals surface area contributed by atoms with Crippen molar-refractivity contribution in [2.24, 2.45) is 0 Å². The van der Waals surface area contributed by atoms with Gasteiger partial charge in [0, 0.05) is 5.56 Å². The van der Waals surface area contributed by atoms with E-state index in [1.165, 1.54) is 0 Å². The predicted octanol–water partition coefficient (Wildman–Crippen LogP) is 6.32. The zero-order chi connectivity index (χ0) is 25.2. The molecule has 0 bridgehead atoms. The molecule has 2 amide bonds. The number of fused-ring (bicyclic) bond motifs is 1. The molecule has 0 spiro atoms. The molecular formula is C26H14ClFN4O3S. The average Bonchev–Trinajstić information content (AvgIpc) is 3.15. The van der Waals surface area contributed by atoms with Gasteiger partial charge in [-0.15, -0.1) is 0 Å². The molecule has 1 fully saturated rings. The van der Waals surface area contributed by atoms with Crippen LogP contribution < -0.4 is 4.74 Å². The maximum Gasteiger partial charge on any atom is 0.293 e. The van der Waals surface area contributed by atoms with Crippen molar-refractivity contribution in [1.29, 1.82) is 5.26 Å². The van der Waals surface area contributed by atoms with E-state index < -0.39 is 17.0 Å². The molecule has 7 nitrogen and oxygen atoms in total. The van der Waals surface area contributed by atoms with Gasteiger partial charge < -0.3 is 4.74 Å². The molecule has 1 aliphatic heterocycles. The van der Waals surface area contributed by atoms with E-state index in [-0.39, 0.29) is 28.4 Å². The maximum absolute atomic E-state index is 14.3. The molecule has 3 aromatic carbocycles. The summed E-state index contributed by atoms with van der Waals surface area (Å²) in [7, 11) is 0. The minimum absolute atomic E-state index is 0.0325. The van der Waals surface area contributed by atoms with Crippen molar-refractivity contribution in [1.82, 2.24) is 14.9 Å². The fourth-order valence-electron chi connectivity index (χ4n) is 3.73. The average molecular weight is 517 g/mol. The summed E-state index contributed by atoms with van der Waals surface area (Å²) in [6.45, 7) is -0.0325. The molecule has 0 radical (unpaired) electrons. The number of aromatic nitrogens is 2. The van der Waals surface area contributed by atoms with Crippen molar-refractivity contribution in [3.8, 4) is 17.7 Å². The minimum Gasteiger partial charge on any atom is -0.436 e. The monoisotopic (exact) mass is 516 g/mol. The molecule has 1 saturated heterocycles. The molecule has 176 valence electrons. The largest absolute Gasteiger partial charge is 0.436 e. The van der Waals surface area contributed by atoms with Crippen molar-refractivity contribution < 1.29 is 18.7 Å². The standard InChI is InChI=1S/C26H14ClFN4O3S/c27-25-30-13-20(28)23(31-25)35-21-10-9-15-5-3-4-8-18(15)19(21)11-22-24(33)32(26(34)36-22)14-17-7-2-1-6-16(17)12-29/h1-11,13H,14H2/b22-11+. The van der Waals surface area contributed by atoms with Crippen molar-refractivity contribution in [3.05, 3.63) is 99.6 Å². The van der Waals surface area contributed by atoms with Crippen LogP contribution in [0.25, 0.3) is 16.8 Å². The Labute approximate surface area is 213 Å². The third-order valence-corrected chi connectivity index (χ3v) is 6.52. The number of halogens is 2. The Kier molecular flexibility index (Phi) is 6.38. The first-order valence-electron chi connectivity index (χ1n) is 10.6. The summed E-state index contributed by atoms with van der Waals surface area (Å²) < 4.78 is 20.0. The number of nitrogens with zero attached hydrogens (tertiary/aromatic N) is 4. The van der Waals surface area contributed by atoms with Crippen LogP contribution >= 0.6 is 23.4 Å². The van der Waals surface area contributed by atoms with Gasteiger partial charge in [-0.25, -0.2) is 4.98 Å².